The molecule has 22 heavy (non-hydrogen) atoms. The van der Waals surface area contributed by atoms with Crippen LogP contribution in [0.2, 0.25) is 5.02 Å². The van der Waals surface area contributed by atoms with Gasteiger partial charge in [-0.1, -0.05) is 34.6 Å². The number of oxime groups is 1. The molecule has 2 aromatic carbocycles. The van der Waals surface area contributed by atoms with Gasteiger partial charge in [-0.2, -0.15) is 0 Å². The summed E-state index contributed by atoms with van der Waals surface area (Å²) >= 11 is 7.09. The molecule has 5 nitrogen and oxygen atoms in total. The Hall–Kier alpha value is -1.76. The van der Waals surface area contributed by atoms with Crippen LogP contribution >= 0.6 is 35.8 Å². The third kappa shape index (κ3) is 4.37. The van der Waals surface area contributed by atoms with E-state index in [2.05, 4.69) is 5.16 Å². The number of nitro benzene ring substituents is 1. The molecule has 0 bridgehead atoms. The second-order valence-electron chi connectivity index (χ2n) is 4.18. The van der Waals surface area contributed by atoms with Gasteiger partial charge in [0, 0.05) is 21.5 Å². The van der Waals surface area contributed by atoms with Crippen molar-refractivity contribution in [2.45, 2.75) is 16.7 Å². The van der Waals surface area contributed by atoms with Crippen molar-refractivity contribution >= 4 is 47.2 Å². The standard InChI is InChI=1S/C14H11ClN2O3S.ClH/c1-9(16-18)10-2-7-14(13(8-10)17(19)20)21-12-5-3-11(15)4-6-12;/h2-8,18H,1H3;1H/b16-9+;. The molecule has 2 aromatic rings. The van der Waals surface area contributed by atoms with Crippen LogP contribution < -0.4 is 0 Å². The molecule has 2 rings (SSSR count). The monoisotopic (exact) mass is 358 g/mol. The first-order chi connectivity index (χ1) is 10.0. The summed E-state index contributed by atoms with van der Waals surface area (Å²) in [5.41, 5.74) is 0.793. The molecule has 0 atom stereocenters. The van der Waals surface area contributed by atoms with Gasteiger partial charge in [-0.15, -0.1) is 12.4 Å². The van der Waals surface area contributed by atoms with Gasteiger partial charge in [-0.05, 0) is 37.3 Å². The maximum Gasteiger partial charge on any atom is 0.283 e. The fourth-order valence-corrected chi connectivity index (χ4v) is 2.68. The minimum Gasteiger partial charge on any atom is -0.411 e. The predicted molar refractivity (Wildman–Crippen MR) is 89.9 cm³/mol. The normalized spacial score (nSPS) is 10.9. The first kappa shape index (κ1) is 18.3. The van der Waals surface area contributed by atoms with Gasteiger partial charge in [-0.3, -0.25) is 10.1 Å². The predicted octanol–water partition coefficient (Wildman–Crippen LogP) is 5.02. The molecule has 0 amide bonds. The molecule has 116 valence electrons. The fourth-order valence-electron chi connectivity index (χ4n) is 1.66. The highest BCUT2D eigenvalue weighted by molar-refractivity contribution is 7.99. The summed E-state index contributed by atoms with van der Waals surface area (Å²) in [6.45, 7) is 1.57. The second-order valence-corrected chi connectivity index (χ2v) is 5.73. The lowest BCUT2D eigenvalue weighted by atomic mass is 10.1. The summed E-state index contributed by atoms with van der Waals surface area (Å²) < 4.78 is 0. The molecule has 0 saturated carbocycles. The van der Waals surface area contributed by atoms with Crippen LogP contribution in [0.25, 0.3) is 0 Å². The second kappa shape index (κ2) is 8.03. The van der Waals surface area contributed by atoms with Crippen molar-refractivity contribution in [2.24, 2.45) is 5.16 Å². The topological polar surface area (TPSA) is 75.7 Å². The lowest BCUT2D eigenvalue weighted by Gasteiger charge is -2.05. The van der Waals surface area contributed by atoms with Crippen LogP contribution in [0.1, 0.15) is 12.5 Å². The Labute approximate surface area is 142 Å². The molecule has 0 spiro atoms. The molecule has 0 radical (unpaired) electrons. The summed E-state index contributed by atoms with van der Waals surface area (Å²) in [5.74, 6) is 0. The molecule has 8 heteroatoms. The molecule has 0 unspecified atom stereocenters. The number of nitro groups is 1. The number of hydrogen-bond acceptors (Lipinski definition) is 5. The van der Waals surface area contributed by atoms with E-state index in [9.17, 15) is 10.1 Å². The van der Waals surface area contributed by atoms with Gasteiger partial charge in [0.1, 0.15) is 0 Å². The highest BCUT2D eigenvalue weighted by atomic mass is 35.5. The van der Waals surface area contributed by atoms with Gasteiger partial charge in [0.15, 0.2) is 0 Å². The average molecular weight is 359 g/mol. The molecule has 0 fully saturated rings. The van der Waals surface area contributed by atoms with E-state index in [0.29, 0.717) is 21.2 Å². The van der Waals surface area contributed by atoms with Crippen LogP contribution in [0.5, 0.6) is 0 Å². The first-order valence-corrected chi connectivity index (χ1v) is 7.11. The Bertz CT molecular complexity index is 706. The highest BCUT2D eigenvalue weighted by Gasteiger charge is 2.16. The van der Waals surface area contributed by atoms with Crippen LogP contribution in [0, 0.1) is 10.1 Å². The van der Waals surface area contributed by atoms with E-state index in [1.807, 2.05) is 0 Å². The summed E-state index contributed by atoms with van der Waals surface area (Å²) in [5, 5.41) is 23.6. The molecule has 0 saturated heterocycles. The number of rotatable bonds is 4. The summed E-state index contributed by atoms with van der Waals surface area (Å²) in [7, 11) is 0. The maximum absolute atomic E-state index is 11.2. The van der Waals surface area contributed by atoms with Gasteiger partial charge in [0.05, 0.1) is 15.5 Å². The number of hydrogen-bond donors (Lipinski definition) is 1. The molecule has 0 aliphatic carbocycles. The Balaban J connectivity index is 0.00000242. The lowest BCUT2D eigenvalue weighted by molar-refractivity contribution is -0.387. The van der Waals surface area contributed by atoms with Crippen LogP contribution in [-0.2, 0) is 0 Å². The highest BCUT2D eigenvalue weighted by Crippen LogP contribution is 2.35. The third-order valence-electron chi connectivity index (χ3n) is 2.76. The van der Waals surface area contributed by atoms with Gasteiger partial charge in [-0.25, -0.2) is 0 Å². The van der Waals surface area contributed by atoms with Gasteiger partial charge < -0.3 is 5.21 Å². The maximum atomic E-state index is 11.2. The van der Waals surface area contributed by atoms with Crippen molar-refractivity contribution in [1.82, 2.24) is 0 Å². The lowest BCUT2D eigenvalue weighted by Crippen LogP contribution is -1.98. The van der Waals surface area contributed by atoms with E-state index >= 15 is 0 Å². The molecular formula is C14H12Cl2N2O3S. The minimum atomic E-state index is -0.452. The van der Waals surface area contributed by atoms with Gasteiger partial charge in [0.25, 0.3) is 5.69 Å². The summed E-state index contributed by atoms with van der Waals surface area (Å²) in [6.07, 6.45) is 0. The van der Waals surface area contributed by atoms with Crippen LogP contribution in [0.4, 0.5) is 5.69 Å². The van der Waals surface area contributed by atoms with Crippen LogP contribution in [0.3, 0.4) is 0 Å². The zero-order valence-electron chi connectivity index (χ0n) is 11.4. The Morgan fingerprint density at radius 1 is 1.27 bits per heavy atom. The van der Waals surface area contributed by atoms with Crippen molar-refractivity contribution in [3.05, 3.63) is 63.2 Å². The van der Waals surface area contributed by atoms with Crippen molar-refractivity contribution < 1.29 is 10.1 Å². The van der Waals surface area contributed by atoms with E-state index in [1.165, 1.54) is 17.8 Å². The van der Waals surface area contributed by atoms with E-state index in [4.69, 9.17) is 16.8 Å². The molecule has 0 aromatic heterocycles. The van der Waals surface area contributed by atoms with Crippen molar-refractivity contribution in [3.63, 3.8) is 0 Å². The van der Waals surface area contributed by atoms with Crippen molar-refractivity contribution in [1.29, 1.82) is 0 Å². The number of halogens is 2. The SMILES string of the molecule is C/C(=N\O)c1ccc(Sc2ccc(Cl)cc2)c([N+](=O)[O-])c1.Cl. The fraction of sp³-hybridized carbons (Fsp3) is 0.0714. The van der Waals surface area contributed by atoms with E-state index in [-0.39, 0.29) is 18.1 Å². The zero-order valence-corrected chi connectivity index (χ0v) is 13.8. The number of benzene rings is 2. The Morgan fingerprint density at radius 2 is 1.91 bits per heavy atom. The number of nitrogens with zero attached hydrogens (tertiary/aromatic N) is 2. The van der Waals surface area contributed by atoms with Crippen LogP contribution in [0.15, 0.2) is 57.4 Å². The van der Waals surface area contributed by atoms with Crippen molar-refractivity contribution in [2.75, 3.05) is 0 Å². The Kier molecular flexibility index (Phi) is 6.67. The average Bonchev–Trinajstić information content (AvgIpc) is 2.49. The summed E-state index contributed by atoms with van der Waals surface area (Å²) in [6, 6.07) is 11.8. The largest absolute Gasteiger partial charge is 0.411 e. The smallest absolute Gasteiger partial charge is 0.283 e. The van der Waals surface area contributed by atoms with E-state index < -0.39 is 4.92 Å². The van der Waals surface area contributed by atoms with Gasteiger partial charge >= 0.3 is 0 Å². The minimum absolute atomic E-state index is 0. The van der Waals surface area contributed by atoms with Gasteiger partial charge in [0.2, 0.25) is 0 Å². The quantitative estimate of drug-likeness (QED) is 0.360. The van der Waals surface area contributed by atoms with E-state index in [0.717, 1.165) is 4.90 Å². The first-order valence-electron chi connectivity index (χ1n) is 5.92. The molecule has 1 N–H and O–H groups in total. The Morgan fingerprint density at radius 3 is 2.45 bits per heavy atom. The van der Waals surface area contributed by atoms with Crippen molar-refractivity contribution in [3.8, 4) is 0 Å². The summed E-state index contributed by atoms with van der Waals surface area (Å²) in [4.78, 5) is 12.1. The molecule has 0 heterocycles. The third-order valence-corrected chi connectivity index (χ3v) is 4.09. The zero-order chi connectivity index (χ0) is 15.4. The molecule has 0 aliphatic rings. The van der Waals surface area contributed by atoms with Crippen LogP contribution in [-0.4, -0.2) is 15.8 Å². The molecule has 0 aliphatic heterocycles. The van der Waals surface area contributed by atoms with E-state index in [1.54, 1.807) is 43.3 Å². The molecular weight excluding hydrogens is 347 g/mol.